The molecule has 0 aliphatic carbocycles. The second kappa shape index (κ2) is 51.0. The SMILES string of the molecule is CCCCCCCCCCCCC/C=C/C(O)C(CO)NC(=O)CCCCCCCCC/C=C\CCCCCCOC(=O)CCCCCCCCCCCCCCCCCC. The molecule has 0 aliphatic heterocycles. The molecule has 0 rings (SSSR count). The van der Waals surface area contributed by atoms with Gasteiger partial charge in [0.15, 0.2) is 0 Å². The van der Waals surface area contributed by atoms with E-state index in [2.05, 4.69) is 31.3 Å². The molecule has 0 spiro atoms. The molecular weight excluding hydrogens is 755 g/mol. The molecule has 0 aromatic carbocycles. The fourth-order valence-corrected chi connectivity index (χ4v) is 8.27. The van der Waals surface area contributed by atoms with Crippen molar-refractivity contribution in [3.05, 3.63) is 24.3 Å². The van der Waals surface area contributed by atoms with Crippen molar-refractivity contribution in [3.63, 3.8) is 0 Å². The third-order valence-electron chi connectivity index (χ3n) is 12.5. The molecule has 3 N–H and O–H groups in total. The summed E-state index contributed by atoms with van der Waals surface area (Å²) in [5.41, 5.74) is 0. The average Bonchev–Trinajstić information content (AvgIpc) is 3.26. The zero-order chi connectivity index (χ0) is 44.4. The van der Waals surface area contributed by atoms with Gasteiger partial charge in [0.25, 0.3) is 0 Å². The molecule has 6 heteroatoms. The summed E-state index contributed by atoms with van der Waals surface area (Å²) in [7, 11) is 0. The van der Waals surface area contributed by atoms with Crippen molar-refractivity contribution in [2.24, 2.45) is 0 Å². The molecule has 0 fully saturated rings. The van der Waals surface area contributed by atoms with Crippen LogP contribution in [0.25, 0.3) is 0 Å². The maximum Gasteiger partial charge on any atom is 0.305 e. The first-order chi connectivity index (χ1) is 30.0. The summed E-state index contributed by atoms with van der Waals surface area (Å²) in [5.74, 6) is -0.0911. The van der Waals surface area contributed by atoms with Gasteiger partial charge in [0, 0.05) is 12.8 Å². The number of nitrogens with one attached hydrogen (secondary N) is 1. The molecule has 2 atom stereocenters. The first-order valence-electron chi connectivity index (χ1n) is 27.1. The highest BCUT2D eigenvalue weighted by molar-refractivity contribution is 5.76. The van der Waals surface area contributed by atoms with Crippen LogP contribution in [-0.2, 0) is 14.3 Å². The summed E-state index contributed by atoms with van der Waals surface area (Å²) in [4.78, 5) is 24.5. The van der Waals surface area contributed by atoms with Crippen LogP contribution in [0.5, 0.6) is 0 Å². The van der Waals surface area contributed by atoms with Gasteiger partial charge in [0.2, 0.25) is 5.91 Å². The highest BCUT2D eigenvalue weighted by Crippen LogP contribution is 2.16. The number of unbranched alkanes of at least 4 members (excludes halogenated alkanes) is 37. The van der Waals surface area contributed by atoms with Crippen molar-refractivity contribution in [2.75, 3.05) is 13.2 Å². The summed E-state index contributed by atoms with van der Waals surface area (Å²) in [6.07, 6.45) is 60.4. The predicted molar refractivity (Wildman–Crippen MR) is 264 cm³/mol. The molecule has 0 heterocycles. The number of amides is 1. The lowest BCUT2D eigenvalue weighted by Gasteiger charge is -2.20. The zero-order valence-electron chi connectivity index (χ0n) is 40.9. The molecule has 0 saturated carbocycles. The average molecular weight is 860 g/mol. The smallest absolute Gasteiger partial charge is 0.305 e. The maximum absolute atomic E-state index is 12.4. The van der Waals surface area contributed by atoms with Gasteiger partial charge in [0.1, 0.15) is 0 Å². The van der Waals surface area contributed by atoms with E-state index in [0.29, 0.717) is 19.4 Å². The molecule has 0 bridgehead atoms. The Balaban J connectivity index is 3.48. The number of hydrogen-bond acceptors (Lipinski definition) is 5. The van der Waals surface area contributed by atoms with Gasteiger partial charge < -0.3 is 20.3 Å². The van der Waals surface area contributed by atoms with Gasteiger partial charge in [-0.05, 0) is 57.8 Å². The molecule has 0 aromatic rings. The number of allylic oxidation sites excluding steroid dienone is 3. The van der Waals surface area contributed by atoms with E-state index >= 15 is 0 Å². The maximum atomic E-state index is 12.4. The van der Waals surface area contributed by atoms with E-state index in [4.69, 9.17) is 4.74 Å². The topological polar surface area (TPSA) is 95.9 Å². The van der Waals surface area contributed by atoms with E-state index in [1.807, 2.05) is 6.08 Å². The minimum absolute atomic E-state index is 0.00798. The number of esters is 1. The van der Waals surface area contributed by atoms with Crippen molar-refractivity contribution >= 4 is 11.9 Å². The van der Waals surface area contributed by atoms with Crippen LogP contribution in [0.15, 0.2) is 24.3 Å². The molecule has 1 amide bonds. The normalized spacial score (nSPS) is 12.8. The summed E-state index contributed by atoms with van der Waals surface area (Å²) in [6, 6.07) is -0.638. The summed E-state index contributed by atoms with van der Waals surface area (Å²) >= 11 is 0. The molecule has 360 valence electrons. The Morgan fingerprint density at radius 1 is 0.443 bits per heavy atom. The van der Waals surface area contributed by atoms with Gasteiger partial charge in [-0.3, -0.25) is 9.59 Å². The number of carbonyl (C=O) groups is 2. The third kappa shape index (κ3) is 47.7. The van der Waals surface area contributed by atoms with Crippen LogP contribution >= 0.6 is 0 Å². The number of rotatable bonds is 50. The Morgan fingerprint density at radius 3 is 1.16 bits per heavy atom. The second-order valence-corrected chi connectivity index (χ2v) is 18.6. The lowest BCUT2D eigenvalue weighted by molar-refractivity contribution is -0.143. The monoisotopic (exact) mass is 860 g/mol. The first-order valence-corrected chi connectivity index (χ1v) is 27.1. The lowest BCUT2D eigenvalue weighted by atomic mass is 10.0. The van der Waals surface area contributed by atoms with Crippen molar-refractivity contribution in [3.8, 4) is 0 Å². The van der Waals surface area contributed by atoms with E-state index in [1.165, 1.54) is 193 Å². The van der Waals surface area contributed by atoms with Crippen LogP contribution in [0.3, 0.4) is 0 Å². The van der Waals surface area contributed by atoms with Crippen molar-refractivity contribution in [1.29, 1.82) is 0 Å². The number of aliphatic hydroxyl groups excluding tert-OH is 2. The van der Waals surface area contributed by atoms with Gasteiger partial charge in [-0.2, -0.15) is 0 Å². The lowest BCUT2D eigenvalue weighted by Crippen LogP contribution is -2.45. The first kappa shape index (κ1) is 59.3. The molecule has 0 aliphatic rings. The highest BCUT2D eigenvalue weighted by atomic mass is 16.5. The fourth-order valence-electron chi connectivity index (χ4n) is 8.27. The Kier molecular flexibility index (Phi) is 49.6. The summed E-state index contributed by atoms with van der Waals surface area (Å²) in [5, 5.41) is 23.0. The Labute approximate surface area is 380 Å². The van der Waals surface area contributed by atoms with Crippen LogP contribution in [0.2, 0.25) is 0 Å². The van der Waals surface area contributed by atoms with Gasteiger partial charge >= 0.3 is 5.97 Å². The van der Waals surface area contributed by atoms with Gasteiger partial charge in [-0.1, -0.05) is 244 Å². The van der Waals surface area contributed by atoms with Crippen LogP contribution in [0, 0.1) is 0 Å². The van der Waals surface area contributed by atoms with Gasteiger partial charge in [0.05, 0.1) is 25.4 Å². The van der Waals surface area contributed by atoms with Gasteiger partial charge in [-0.15, -0.1) is 0 Å². The Morgan fingerprint density at radius 2 is 0.770 bits per heavy atom. The van der Waals surface area contributed by atoms with Gasteiger partial charge in [-0.25, -0.2) is 0 Å². The van der Waals surface area contributed by atoms with E-state index in [9.17, 15) is 19.8 Å². The molecule has 2 unspecified atom stereocenters. The van der Waals surface area contributed by atoms with Crippen LogP contribution in [0.1, 0.15) is 290 Å². The fraction of sp³-hybridized carbons (Fsp3) is 0.891. The summed E-state index contributed by atoms with van der Waals surface area (Å²) < 4.78 is 5.46. The van der Waals surface area contributed by atoms with Crippen molar-refractivity contribution in [1.82, 2.24) is 5.32 Å². The largest absolute Gasteiger partial charge is 0.466 e. The number of aliphatic hydroxyl groups is 2. The highest BCUT2D eigenvalue weighted by Gasteiger charge is 2.18. The van der Waals surface area contributed by atoms with Crippen LogP contribution < -0.4 is 5.32 Å². The standard InChI is InChI=1S/C55H105NO5/c1-3-5-7-9-11-13-15-17-18-21-25-29-33-37-41-45-49-55(60)61-50-46-42-38-34-30-26-22-19-20-24-28-32-36-40-44-48-54(59)56-52(51-57)53(58)47-43-39-35-31-27-23-16-14-12-10-8-6-4-2/h22,26,43,47,52-53,57-58H,3-21,23-25,27-42,44-46,48-51H2,1-2H3,(H,56,59)/b26-22-,47-43+. The number of ether oxygens (including phenoxy) is 1. The summed E-state index contributed by atoms with van der Waals surface area (Å²) in [6.45, 7) is 4.87. The quantitative estimate of drug-likeness (QED) is 0.0322. The molecule has 61 heavy (non-hydrogen) atoms. The van der Waals surface area contributed by atoms with Crippen LogP contribution in [-0.4, -0.2) is 47.4 Å². The minimum atomic E-state index is -0.853. The Hall–Kier alpha value is -1.66. The van der Waals surface area contributed by atoms with Crippen molar-refractivity contribution in [2.45, 2.75) is 302 Å². The van der Waals surface area contributed by atoms with Crippen LogP contribution in [0.4, 0.5) is 0 Å². The molecular formula is C55H105NO5. The molecule has 6 nitrogen and oxygen atoms in total. The Bertz CT molecular complexity index is 951. The van der Waals surface area contributed by atoms with Crippen molar-refractivity contribution < 1.29 is 24.5 Å². The van der Waals surface area contributed by atoms with E-state index in [1.54, 1.807) is 6.08 Å². The van der Waals surface area contributed by atoms with E-state index in [-0.39, 0.29) is 18.5 Å². The van der Waals surface area contributed by atoms with E-state index in [0.717, 1.165) is 70.6 Å². The van der Waals surface area contributed by atoms with E-state index < -0.39 is 12.1 Å². The number of hydrogen-bond donors (Lipinski definition) is 3. The minimum Gasteiger partial charge on any atom is -0.466 e. The molecule has 0 aromatic heterocycles. The number of carbonyl (C=O) groups excluding carboxylic acids is 2. The second-order valence-electron chi connectivity index (χ2n) is 18.6. The zero-order valence-corrected chi connectivity index (χ0v) is 40.9. The molecule has 0 saturated heterocycles. The third-order valence-corrected chi connectivity index (χ3v) is 12.5. The molecule has 0 radical (unpaired) electrons. The predicted octanol–water partition coefficient (Wildman–Crippen LogP) is 16.3.